The highest BCUT2D eigenvalue weighted by atomic mass is 16.5. The van der Waals surface area contributed by atoms with Gasteiger partial charge in [-0.15, -0.1) is 0 Å². The summed E-state index contributed by atoms with van der Waals surface area (Å²) in [5.41, 5.74) is 1.42. The average Bonchev–Trinajstić information content (AvgIpc) is 3.21. The van der Waals surface area contributed by atoms with Crippen LogP contribution in [0.5, 0.6) is 11.5 Å². The number of para-hydroxylation sites is 1. The number of ether oxygens (including phenoxy) is 3. The molecule has 1 unspecified atom stereocenters. The molecule has 0 bridgehead atoms. The predicted octanol–water partition coefficient (Wildman–Crippen LogP) is 4.49. The van der Waals surface area contributed by atoms with Gasteiger partial charge in [0, 0.05) is 26.2 Å². The topological polar surface area (TPSA) is 81.5 Å². The fourth-order valence-electron chi connectivity index (χ4n) is 5.21. The Kier molecular flexibility index (Phi) is 8.00. The zero-order chi connectivity index (χ0) is 26.6. The summed E-state index contributed by atoms with van der Waals surface area (Å²) in [6, 6.07) is 12.2. The van der Waals surface area contributed by atoms with Crippen LogP contribution in [0.3, 0.4) is 0 Å². The van der Waals surface area contributed by atoms with E-state index in [-0.39, 0.29) is 17.1 Å². The molecular formula is C30H36N2O6. The number of carbonyl (C=O) groups excluding carboxylic acids is 1. The van der Waals surface area contributed by atoms with Gasteiger partial charge in [0.1, 0.15) is 5.58 Å². The lowest BCUT2D eigenvalue weighted by Gasteiger charge is -2.29. The van der Waals surface area contributed by atoms with E-state index < -0.39 is 6.04 Å². The minimum Gasteiger partial charge on any atom is -0.493 e. The Morgan fingerprint density at radius 2 is 1.82 bits per heavy atom. The lowest BCUT2D eigenvalue weighted by atomic mass is 9.98. The zero-order valence-electron chi connectivity index (χ0n) is 22.4. The van der Waals surface area contributed by atoms with E-state index in [0.29, 0.717) is 47.1 Å². The summed E-state index contributed by atoms with van der Waals surface area (Å²) in [6.07, 6.45) is 1.71. The molecule has 1 aromatic heterocycles. The number of morpholine rings is 1. The highest BCUT2D eigenvalue weighted by Gasteiger charge is 2.42. The van der Waals surface area contributed by atoms with Gasteiger partial charge < -0.3 is 23.5 Å². The highest BCUT2D eigenvalue weighted by molar-refractivity contribution is 5.99. The number of amides is 1. The Hall–Kier alpha value is -3.36. The molecule has 8 heteroatoms. The Bertz CT molecular complexity index is 1340. The zero-order valence-corrected chi connectivity index (χ0v) is 22.4. The molecule has 2 aromatic carbocycles. The van der Waals surface area contributed by atoms with Gasteiger partial charge in [0.15, 0.2) is 16.9 Å². The van der Waals surface area contributed by atoms with E-state index in [9.17, 15) is 9.59 Å². The fourth-order valence-corrected chi connectivity index (χ4v) is 5.21. The van der Waals surface area contributed by atoms with E-state index in [0.717, 1.165) is 51.3 Å². The van der Waals surface area contributed by atoms with E-state index in [1.807, 2.05) is 24.3 Å². The molecule has 38 heavy (non-hydrogen) atoms. The molecule has 1 atom stereocenters. The van der Waals surface area contributed by atoms with E-state index in [1.165, 1.54) is 0 Å². The van der Waals surface area contributed by atoms with Gasteiger partial charge in [0.05, 0.1) is 43.9 Å². The van der Waals surface area contributed by atoms with Crippen LogP contribution in [0, 0.1) is 5.92 Å². The van der Waals surface area contributed by atoms with E-state index in [4.69, 9.17) is 18.6 Å². The number of hydrogen-bond acceptors (Lipinski definition) is 7. The Balaban J connectivity index is 1.49. The average molecular weight is 521 g/mol. The number of methoxy groups -OCH3 is 1. The maximum atomic E-state index is 13.7. The van der Waals surface area contributed by atoms with Gasteiger partial charge in [-0.2, -0.15) is 0 Å². The highest BCUT2D eigenvalue weighted by Crippen LogP contribution is 2.41. The van der Waals surface area contributed by atoms with Crippen molar-refractivity contribution in [2.45, 2.75) is 32.7 Å². The second-order valence-electron chi connectivity index (χ2n) is 10.3. The Morgan fingerprint density at radius 3 is 2.58 bits per heavy atom. The first kappa shape index (κ1) is 26.3. The van der Waals surface area contributed by atoms with E-state index in [2.05, 4.69) is 18.7 Å². The number of fused-ring (bicyclic) bond motifs is 2. The molecule has 1 fully saturated rings. The molecule has 0 spiro atoms. The van der Waals surface area contributed by atoms with Crippen LogP contribution in [0.25, 0.3) is 11.0 Å². The first-order valence-electron chi connectivity index (χ1n) is 13.5. The summed E-state index contributed by atoms with van der Waals surface area (Å²) in [5, 5.41) is 0.472. The summed E-state index contributed by atoms with van der Waals surface area (Å²) in [5.74, 6) is 1.62. The second-order valence-corrected chi connectivity index (χ2v) is 10.3. The number of hydrogen-bond donors (Lipinski definition) is 0. The van der Waals surface area contributed by atoms with Gasteiger partial charge in [-0.05, 0) is 48.6 Å². The molecule has 1 saturated heterocycles. The second kappa shape index (κ2) is 11.6. The van der Waals surface area contributed by atoms with Crippen molar-refractivity contribution in [2.24, 2.45) is 5.92 Å². The monoisotopic (exact) mass is 520 g/mol. The SMILES string of the molecule is COc1cc(C2c3c(oc4ccccc4c3=O)C(=O)N2CCCN2CCOCC2)ccc1OCCC(C)C. The van der Waals surface area contributed by atoms with Crippen molar-refractivity contribution < 1.29 is 23.4 Å². The molecule has 2 aliphatic heterocycles. The number of rotatable bonds is 10. The van der Waals surface area contributed by atoms with Crippen molar-refractivity contribution in [2.75, 3.05) is 53.1 Å². The quantitative estimate of drug-likeness (QED) is 0.390. The van der Waals surface area contributed by atoms with Gasteiger partial charge in [-0.1, -0.05) is 32.0 Å². The van der Waals surface area contributed by atoms with Crippen molar-refractivity contribution >= 4 is 16.9 Å². The van der Waals surface area contributed by atoms with E-state index in [1.54, 1.807) is 30.2 Å². The molecule has 202 valence electrons. The van der Waals surface area contributed by atoms with Crippen molar-refractivity contribution in [1.29, 1.82) is 0 Å². The van der Waals surface area contributed by atoms with Crippen LogP contribution in [0.1, 0.15) is 54.4 Å². The van der Waals surface area contributed by atoms with Crippen molar-refractivity contribution in [3.8, 4) is 11.5 Å². The maximum Gasteiger partial charge on any atom is 0.290 e. The predicted molar refractivity (Wildman–Crippen MR) is 145 cm³/mol. The van der Waals surface area contributed by atoms with Crippen molar-refractivity contribution in [1.82, 2.24) is 9.80 Å². The summed E-state index contributed by atoms with van der Waals surface area (Å²) in [4.78, 5) is 31.5. The fraction of sp³-hybridized carbons (Fsp3) is 0.467. The first-order chi connectivity index (χ1) is 18.5. The third-order valence-corrected chi connectivity index (χ3v) is 7.31. The number of benzene rings is 2. The molecule has 0 saturated carbocycles. The van der Waals surface area contributed by atoms with Gasteiger partial charge in [0.2, 0.25) is 5.76 Å². The molecule has 0 N–H and O–H groups in total. The molecule has 0 radical (unpaired) electrons. The molecule has 5 rings (SSSR count). The molecule has 1 amide bonds. The van der Waals surface area contributed by atoms with Gasteiger partial charge in [-0.3, -0.25) is 14.5 Å². The van der Waals surface area contributed by atoms with Crippen LogP contribution in [0.4, 0.5) is 0 Å². The minimum atomic E-state index is -0.568. The molecule has 3 heterocycles. The molecular weight excluding hydrogens is 484 g/mol. The molecule has 0 aliphatic carbocycles. The minimum absolute atomic E-state index is 0.126. The summed E-state index contributed by atoms with van der Waals surface area (Å²) < 4.78 is 23.2. The lowest BCUT2D eigenvalue weighted by molar-refractivity contribution is 0.0353. The largest absolute Gasteiger partial charge is 0.493 e. The number of carbonyl (C=O) groups is 1. The standard InChI is InChI=1S/C30H36N2O6/c1-20(2)11-16-37-24-10-9-21(19-25(24)35-3)27-26-28(33)22-7-4-5-8-23(22)38-29(26)30(34)32(27)13-6-12-31-14-17-36-18-15-31/h4-5,7-10,19-20,27H,6,11-18H2,1-3H3. The summed E-state index contributed by atoms with van der Waals surface area (Å²) >= 11 is 0. The van der Waals surface area contributed by atoms with Crippen LogP contribution in [0.2, 0.25) is 0 Å². The van der Waals surface area contributed by atoms with E-state index >= 15 is 0 Å². The van der Waals surface area contributed by atoms with Crippen LogP contribution in [-0.2, 0) is 4.74 Å². The Labute approximate surface area is 223 Å². The van der Waals surface area contributed by atoms with Gasteiger partial charge in [-0.25, -0.2) is 0 Å². The Morgan fingerprint density at radius 1 is 1.03 bits per heavy atom. The molecule has 3 aromatic rings. The van der Waals surface area contributed by atoms with Crippen molar-refractivity contribution in [3.63, 3.8) is 0 Å². The third-order valence-electron chi connectivity index (χ3n) is 7.31. The smallest absolute Gasteiger partial charge is 0.290 e. The van der Waals surface area contributed by atoms with Gasteiger partial charge >= 0.3 is 0 Å². The normalized spacial score (nSPS) is 17.8. The van der Waals surface area contributed by atoms with Gasteiger partial charge in [0.25, 0.3) is 5.91 Å². The third kappa shape index (κ3) is 5.28. The van der Waals surface area contributed by atoms with Crippen molar-refractivity contribution in [3.05, 3.63) is 69.6 Å². The van der Waals surface area contributed by atoms with Crippen LogP contribution >= 0.6 is 0 Å². The first-order valence-corrected chi connectivity index (χ1v) is 13.5. The molecule has 8 nitrogen and oxygen atoms in total. The summed E-state index contributed by atoms with van der Waals surface area (Å²) in [7, 11) is 1.60. The molecule has 2 aliphatic rings. The lowest BCUT2D eigenvalue weighted by Crippen LogP contribution is -2.38. The van der Waals surface area contributed by atoms with Crippen LogP contribution < -0.4 is 14.9 Å². The summed E-state index contributed by atoms with van der Waals surface area (Å²) in [6.45, 7) is 9.47. The maximum absolute atomic E-state index is 13.7. The van der Waals surface area contributed by atoms with Crippen LogP contribution in [-0.4, -0.2) is 68.8 Å². The van der Waals surface area contributed by atoms with Crippen LogP contribution in [0.15, 0.2) is 51.7 Å². The number of nitrogens with zero attached hydrogens (tertiary/aromatic N) is 2.